The number of nitrogens with zero attached hydrogens (tertiary/aromatic N) is 4. The lowest BCUT2D eigenvalue weighted by atomic mass is 9.92. The lowest BCUT2D eigenvalue weighted by Gasteiger charge is -2.30. The predicted octanol–water partition coefficient (Wildman–Crippen LogP) is 3.43. The summed E-state index contributed by atoms with van der Waals surface area (Å²) < 4.78 is 13.5. The molecule has 0 unspecified atom stereocenters. The molecule has 0 amide bonds. The molecule has 0 aliphatic carbocycles. The SMILES string of the molecule is NC(=Nc1ccc(F)c(Br)c1)C(=O)C1CCN(c2ncc([N+](=O)[O-])s2)CC1. The number of halogens is 2. The van der Waals surface area contributed by atoms with Gasteiger partial charge >= 0.3 is 5.00 Å². The molecule has 3 rings (SSSR count). The van der Waals surface area contributed by atoms with Crippen LogP contribution < -0.4 is 10.6 Å². The minimum atomic E-state index is -0.470. The summed E-state index contributed by atoms with van der Waals surface area (Å²) in [5.41, 5.74) is 6.23. The fourth-order valence-electron chi connectivity index (χ4n) is 2.78. The summed E-state index contributed by atoms with van der Waals surface area (Å²) in [6.07, 6.45) is 2.34. The maximum absolute atomic E-state index is 13.3. The van der Waals surface area contributed by atoms with Crippen molar-refractivity contribution in [3.8, 4) is 0 Å². The van der Waals surface area contributed by atoms with Crippen LogP contribution in [0.3, 0.4) is 0 Å². The number of nitrogens with two attached hydrogens (primary N) is 1. The average molecular weight is 456 g/mol. The van der Waals surface area contributed by atoms with Crippen LogP contribution in [0.5, 0.6) is 0 Å². The van der Waals surface area contributed by atoms with Crippen molar-refractivity contribution < 1.29 is 14.1 Å². The van der Waals surface area contributed by atoms with Gasteiger partial charge in [-0.3, -0.25) is 14.9 Å². The molecule has 0 bridgehead atoms. The zero-order valence-electron chi connectivity index (χ0n) is 14.0. The van der Waals surface area contributed by atoms with Gasteiger partial charge in [-0.15, -0.1) is 0 Å². The van der Waals surface area contributed by atoms with E-state index >= 15 is 0 Å². The molecule has 2 heterocycles. The van der Waals surface area contributed by atoms with Crippen LogP contribution in [0.2, 0.25) is 0 Å². The molecule has 27 heavy (non-hydrogen) atoms. The minimum absolute atomic E-state index is 0.00923. The third-order valence-corrected chi connectivity index (χ3v) is 5.82. The molecule has 0 saturated carbocycles. The summed E-state index contributed by atoms with van der Waals surface area (Å²) in [6.45, 7) is 1.10. The molecule has 142 valence electrons. The molecule has 8 nitrogen and oxygen atoms in total. The van der Waals surface area contributed by atoms with E-state index in [2.05, 4.69) is 25.9 Å². The van der Waals surface area contributed by atoms with E-state index in [4.69, 9.17) is 5.73 Å². The largest absolute Gasteiger partial charge is 0.381 e. The van der Waals surface area contributed by atoms with Crippen molar-refractivity contribution in [1.29, 1.82) is 0 Å². The molecule has 1 aliphatic rings. The Bertz CT molecular complexity index is 911. The lowest BCUT2D eigenvalue weighted by Crippen LogP contribution is -2.40. The van der Waals surface area contributed by atoms with Gasteiger partial charge in [0.15, 0.2) is 11.0 Å². The van der Waals surface area contributed by atoms with Crippen molar-refractivity contribution in [1.82, 2.24) is 4.98 Å². The van der Waals surface area contributed by atoms with Gasteiger partial charge in [0.05, 0.1) is 15.1 Å². The molecule has 1 aliphatic heterocycles. The van der Waals surface area contributed by atoms with Gasteiger partial charge in [-0.1, -0.05) is 0 Å². The number of anilines is 1. The van der Waals surface area contributed by atoms with E-state index in [9.17, 15) is 19.3 Å². The zero-order chi connectivity index (χ0) is 19.6. The van der Waals surface area contributed by atoms with Gasteiger partial charge in [0.25, 0.3) is 0 Å². The summed E-state index contributed by atoms with van der Waals surface area (Å²) >= 11 is 4.08. The highest BCUT2D eigenvalue weighted by atomic mass is 79.9. The van der Waals surface area contributed by atoms with E-state index < -0.39 is 10.7 Å². The van der Waals surface area contributed by atoms with E-state index in [0.717, 1.165) is 11.3 Å². The number of ketones is 1. The first-order valence-corrected chi connectivity index (χ1v) is 9.64. The van der Waals surface area contributed by atoms with Gasteiger partial charge in [-0.2, -0.15) is 0 Å². The Morgan fingerprint density at radius 1 is 1.44 bits per heavy atom. The number of aromatic nitrogens is 1. The van der Waals surface area contributed by atoms with Gasteiger partial charge in [-0.25, -0.2) is 14.4 Å². The van der Waals surface area contributed by atoms with Crippen molar-refractivity contribution in [2.75, 3.05) is 18.0 Å². The first-order valence-electron chi connectivity index (χ1n) is 8.03. The molecule has 0 radical (unpaired) electrons. The second-order valence-electron chi connectivity index (χ2n) is 5.96. The molecule has 11 heteroatoms. The number of Topliss-reactive ketones (excluding diaryl/α,β-unsaturated/α-hetero) is 1. The second kappa shape index (κ2) is 8.09. The maximum Gasteiger partial charge on any atom is 0.345 e. The Balaban J connectivity index is 1.62. The zero-order valence-corrected chi connectivity index (χ0v) is 16.4. The molecule has 2 N–H and O–H groups in total. The smallest absolute Gasteiger partial charge is 0.345 e. The third kappa shape index (κ3) is 4.48. The van der Waals surface area contributed by atoms with Crippen molar-refractivity contribution in [3.63, 3.8) is 0 Å². The van der Waals surface area contributed by atoms with Crippen LogP contribution in [0.1, 0.15) is 12.8 Å². The van der Waals surface area contributed by atoms with Gasteiger partial charge < -0.3 is 10.6 Å². The molecule has 2 aromatic rings. The van der Waals surface area contributed by atoms with Gasteiger partial charge in [-0.05, 0) is 58.3 Å². The lowest BCUT2D eigenvalue weighted by molar-refractivity contribution is -0.380. The van der Waals surface area contributed by atoms with Crippen LogP contribution >= 0.6 is 27.3 Å². The number of nitro groups is 1. The van der Waals surface area contributed by atoms with Crippen LogP contribution in [0.25, 0.3) is 0 Å². The standard InChI is InChI=1S/C16H15BrFN5O3S/c17-11-7-10(1-2-12(11)18)21-15(19)14(24)9-3-5-22(6-4-9)16-20-8-13(27-16)23(25)26/h1-2,7-9H,3-6H2,(H2,19,21). The fourth-order valence-corrected chi connectivity index (χ4v) is 3.93. The topological polar surface area (TPSA) is 115 Å². The van der Waals surface area contributed by atoms with Crippen molar-refractivity contribution >= 4 is 54.7 Å². The number of benzene rings is 1. The molecule has 1 aromatic heterocycles. The summed E-state index contributed by atoms with van der Waals surface area (Å²) in [5, 5.41) is 11.3. The van der Waals surface area contributed by atoms with E-state index in [1.807, 2.05) is 4.90 Å². The molecular weight excluding hydrogens is 441 g/mol. The predicted molar refractivity (Wildman–Crippen MR) is 104 cm³/mol. The van der Waals surface area contributed by atoms with E-state index in [0.29, 0.717) is 36.8 Å². The number of carbonyl (C=O) groups excluding carboxylic acids is 1. The molecule has 1 fully saturated rings. The Hall–Kier alpha value is -2.40. The number of hydrogen-bond acceptors (Lipinski definition) is 7. The number of thiazole rings is 1. The Morgan fingerprint density at radius 2 is 2.15 bits per heavy atom. The van der Waals surface area contributed by atoms with Crippen LogP contribution in [0.15, 0.2) is 33.9 Å². The van der Waals surface area contributed by atoms with E-state index in [-0.39, 0.29) is 27.0 Å². The number of carbonyl (C=O) groups is 1. The Morgan fingerprint density at radius 3 is 2.74 bits per heavy atom. The molecule has 0 spiro atoms. The number of aliphatic imine (C=N–C) groups is 1. The first kappa shape index (κ1) is 19.4. The molecule has 1 aromatic carbocycles. The Labute approximate surface area is 166 Å². The Kier molecular flexibility index (Phi) is 5.80. The number of hydrogen-bond donors (Lipinski definition) is 1. The third-order valence-electron chi connectivity index (χ3n) is 4.20. The number of rotatable bonds is 5. The monoisotopic (exact) mass is 455 g/mol. The quantitative estimate of drug-likeness (QED) is 0.319. The highest BCUT2D eigenvalue weighted by Crippen LogP contribution is 2.31. The van der Waals surface area contributed by atoms with Crippen LogP contribution in [0.4, 0.5) is 20.2 Å². The fraction of sp³-hybridized carbons (Fsp3) is 0.312. The second-order valence-corrected chi connectivity index (χ2v) is 7.80. The normalized spacial score (nSPS) is 15.8. The molecule has 0 atom stereocenters. The van der Waals surface area contributed by atoms with E-state index in [1.165, 1.54) is 24.4 Å². The molecular formula is C16H15BrFN5O3S. The first-order chi connectivity index (χ1) is 12.8. The highest BCUT2D eigenvalue weighted by Gasteiger charge is 2.29. The average Bonchev–Trinajstić information content (AvgIpc) is 3.15. The minimum Gasteiger partial charge on any atom is -0.381 e. The summed E-state index contributed by atoms with van der Waals surface area (Å²) in [5.74, 6) is -1.06. The summed E-state index contributed by atoms with van der Waals surface area (Å²) in [7, 11) is 0. The maximum atomic E-state index is 13.3. The van der Waals surface area contributed by atoms with E-state index in [1.54, 1.807) is 0 Å². The summed E-state index contributed by atoms with van der Waals surface area (Å²) in [6, 6.07) is 4.14. The van der Waals surface area contributed by atoms with Crippen LogP contribution in [-0.2, 0) is 4.79 Å². The molecule has 1 saturated heterocycles. The highest BCUT2D eigenvalue weighted by molar-refractivity contribution is 9.10. The van der Waals surface area contributed by atoms with Crippen molar-refractivity contribution in [2.45, 2.75) is 12.8 Å². The van der Waals surface area contributed by atoms with Crippen molar-refractivity contribution in [3.05, 3.63) is 44.8 Å². The van der Waals surface area contributed by atoms with Gasteiger partial charge in [0.2, 0.25) is 5.78 Å². The number of amidine groups is 1. The van der Waals surface area contributed by atoms with Crippen molar-refractivity contribution in [2.24, 2.45) is 16.6 Å². The van der Waals surface area contributed by atoms with Crippen LogP contribution in [-0.4, -0.2) is 34.6 Å². The summed E-state index contributed by atoms with van der Waals surface area (Å²) in [4.78, 5) is 32.9. The van der Waals surface area contributed by atoms with Gasteiger partial charge in [0, 0.05) is 19.0 Å². The van der Waals surface area contributed by atoms with Crippen LogP contribution in [0, 0.1) is 21.8 Å². The number of piperidine rings is 1. The van der Waals surface area contributed by atoms with Gasteiger partial charge in [0.1, 0.15) is 12.0 Å².